The van der Waals surface area contributed by atoms with Gasteiger partial charge in [-0.1, -0.05) is 17.7 Å². The van der Waals surface area contributed by atoms with Crippen molar-refractivity contribution in [3.8, 4) is 0 Å². The molecule has 0 amide bonds. The number of aliphatic hydroxyl groups excluding tert-OH is 1. The highest BCUT2D eigenvalue weighted by molar-refractivity contribution is 7.89. The average Bonchev–Trinajstić information content (AvgIpc) is 2.54. The summed E-state index contributed by atoms with van der Waals surface area (Å²) in [6, 6.07) is 6.76. The van der Waals surface area contributed by atoms with E-state index in [9.17, 15) is 28.0 Å². The number of nitro benzene ring substituents is 1. The van der Waals surface area contributed by atoms with Crippen LogP contribution in [0.2, 0.25) is 5.02 Å². The zero-order chi connectivity index (χ0) is 18.8. The number of aliphatic hydroxyl groups is 1. The molecule has 1 atom stereocenters. The van der Waals surface area contributed by atoms with Gasteiger partial charge in [-0.15, -0.1) is 0 Å². The summed E-state index contributed by atoms with van der Waals surface area (Å²) in [7, 11) is -4.15. The number of sulfonamides is 1. The van der Waals surface area contributed by atoms with Crippen molar-refractivity contribution >= 4 is 33.0 Å². The summed E-state index contributed by atoms with van der Waals surface area (Å²) in [6.07, 6.45) is -1.16. The Bertz CT molecular complexity index is 923. The Morgan fingerprint density at radius 1 is 1.32 bits per heavy atom. The van der Waals surface area contributed by atoms with Gasteiger partial charge in [0.2, 0.25) is 10.0 Å². The van der Waals surface area contributed by atoms with Crippen molar-refractivity contribution in [3.05, 3.63) is 62.9 Å². The molecule has 0 saturated heterocycles. The molecule has 0 aliphatic heterocycles. The third kappa shape index (κ3) is 4.86. The standard InChI is InChI=1S/C14H13ClFN3O5S/c15-12-2-1-8(3-13(12)16)14(20)7-18-9-4-10(19(21)22)6-11(5-9)25(17,23)24/h1-6,14,18,20H,7H2,(H2,17,23,24). The molecule has 25 heavy (non-hydrogen) atoms. The normalized spacial score (nSPS) is 12.6. The molecular weight excluding hydrogens is 377 g/mol. The van der Waals surface area contributed by atoms with E-state index in [4.69, 9.17) is 16.7 Å². The van der Waals surface area contributed by atoms with Crippen molar-refractivity contribution in [3.63, 3.8) is 0 Å². The van der Waals surface area contributed by atoms with E-state index in [2.05, 4.69) is 5.32 Å². The maximum Gasteiger partial charge on any atom is 0.272 e. The number of hydrogen-bond acceptors (Lipinski definition) is 6. The van der Waals surface area contributed by atoms with Gasteiger partial charge in [0.25, 0.3) is 5.69 Å². The number of nitrogens with one attached hydrogen (secondary N) is 1. The molecule has 134 valence electrons. The molecule has 2 rings (SSSR count). The van der Waals surface area contributed by atoms with Crippen LogP contribution in [-0.2, 0) is 10.0 Å². The predicted molar refractivity (Wildman–Crippen MR) is 89.3 cm³/mol. The number of non-ortho nitro benzene ring substituents is 1. The van der Waals surface area contributed by atoms with E-state index in [-0.39, 0.29) is 22.8 Å². The third-order valence-corrected chi connectivity index (χ3v) is 4.46. The Morgan fingerprint density at radius 2 is 2.00 bits per heavy atom. The van der Waals surface area contributed by atoms with E-state index >= 15 is 0 Å². The van der Waals surface area contributed by atoms with Crippen molar-refractivity contribution in [1.82, 2.24) is 0 Å². The summed E-state index contributed by atoms with van der Waals surface area (Å²) < 4.78 is 36.2. The minimum Gasteiger partial charge on any atom is -0.387 e. The summed E-state index contributed by atoms with van der Waals surface area (Å²) in [5.74, 6) is -0.704. The number of anilines is 1. The highest BCUT2D eigenvalue weighted by atomic mass is 35.5. The second-order valence-electron chi connectivity index (χ2n) is 5.09. The molecule has 0 saturated carbocycles. The van der Waals surface area contributed by atoms with E-state index in [0.717, 1.165) is 24.3 Å². The lowest BCUT2D eigenvalue weighted by molar-refractivity contribution is -0.385. The minimum atomic E-state index is -4.15. The van der Waals surface area contributed by atoms with Gasteiger partial charge < -0.3 is 10.4 Å². The van der Waals surface area contributed by atoms with Crippen LogP contribution >= 0.6 is 11.6 Å². The summed E-state index contributed by atoms with van der Waals surface area (Å²) in [5, 5.41) is 28.5. The quantitative estimate of drug-likeness (QED) is 0.511. The van der Waals surface area contributed by atoms with Crippen molar-refractivity contribution in [2.45, 2.75) is 11.0 Å². The molecule has 0 heterocycles. The third-order valence-electron chi connectivity index (χ3n) is 3.26. The first-order valence-corrected chi connectivity index (χ1v) is 8.69. The summed E-state index contributed by atoms with van der Waals surface area (Å²) in [6.45, 7) is -0.160. The highest BCUT2D eigenvalue weighted by Gasteiger charge is 2.17. The van der Waals surface area contributed by atoms with E-state index in [1.165, 1.54) is 12.1 Å². The van der Waals surface area contributed by atoms with Crippen molar-refractivity contribution < 1.29 is 22.8 Å². The molecule has 0 aliphatic rings. The van der Waals surface area contributed by atoms with Gasteiger partial charge in [0.1, 0.15) is 5.82 Å². The van der Waals surface area contributed by atoms with Crippen LogP contribution in [-0.4, -0.2) is 25.0 Å². The Morgan fingerprint density at radius 3 is 2.56 bits per heavy atom. The van der Waals surface area contributed by atoms with E-state index in [1.54, 1.807) is 0 Å². The van der Waals surface area contributed by atoms with Gasteiger partial charge in [-0.3, -0.25) is 10.1 Å². The fourth-order valence-electron chi connectivity index (χ4n) is 2.01. The van der Waals surface area contributed by atoms with Crippen molar-refractivity contribution in [2.24, 2.45) is 5.14 Å². The van der Waals surface area contributed by atoms with Gasteiger partial charge in [0.05, 0.1) is 20.9 Å². The van der Waals surface area contributed by atoms with Crippen LogP contribution in [0.1, 0.15) is 11.7 Å². The Hall–Kier alpha value is -2.27. The van der Waals surface area contributed by atoms with Crippen LogP contribution in [0, 0.1) is 15.9 Å². The fourth-order valence-corrected chi connectivity index (χ4v) is 2.70. The molecule has 8 nitrogen and oxygen atoms in total. The highest BCUT2D eigenvalue weighted by Crippen LogP contribution is 2.25. The first-order valence-electron chi connectivity index (χ1n) is 6.77. The van der Waals surface area contributed by atoms with Gasteiger partial charge in [-0.25, -0.2) is 17.9 Å². The lowest BCUT2D eigenvalue weighted by Crippen LogP contribution is -2.15. The number of benzene rings is 2. The number of hydrogen-bond donors (Lipinski definition) is 3. The van der Waals surface area contributed by atoms with Crippen LogP contribution in [0.25, 0.3) is 0 Å². The molecule has 2 aromatic rings. The van der Waals surface area contributed by atoms with Crippen LogP contribution < -0.4 is 10.5 Å². The maximum absolute atomic E-state index is 13.4. The lowest BCUT2D eigenvalue weighted by atomic mass is 10.1. The van der Waals surface area contributed by atoms with Crippen molar-refractivity contribution in [2.75, 3.05) is 11.9 Å². The predicted octanol–water partition coefficient (Wildman–Crippen LogP) is 2.18. The number of nitrogens with two attached hydrogens (primary N) is 1. The minimum absolute atomic E-state index is 0.0618. The molecule has 0 aromatic heterocycles. The summed E-state index contributed by atoms with van der Waals surface area (Å²) in [4.78, 5) is 9.68. The van der Waals surface area contributed by atoms with Crippen molar-refractivity contribution in [1.29, 1.82) is 0 Å². The second kappa shape index (κ2) is 7.31. The number of primary sulfonamides is 1. The fraction of sp³-hybridized carbons (Fsp3) is 0.143. The van der Waals surface area contributed by atoms with Crippen LogP contribution in [0.4, 0.5) is 15.8 Å². The second-order valence-corrected chi connectivity index (χ2v) is 7.06. The maximum atomic E-state index is 13.4. The topological polar surface area (TPSA) is 136 Å². The van der Waals surface area contributed by atoms with Crippen LogP contribution in [0.3, 0.4) is 0 Å². The molecule has 4 N–H and O–H groups in total. The Kier molecular flexibility index (Phi) is 5.58. The van der Waals surface area contributed by atoms with Gasteiger partial charge >= 0.3 is 0 Å². The molecule has 11 heteroatoms. The largest absolute Gasteiger partial charge is 0.387 e. The smallest absolute Gasteiger partial charge is 0.272 e. The molecule has 2 aromatic carbocycles. The SMILES string of the molecule is NS(=O)(=O)c1cc(NCC(O)c2ccc(Cl)c(F)c2)cc([N+](=O)[O-])c1. The van der Waals surface area contributed by atoms with Gasteiger partial charge in [0.15, 0.2) is 0 Å². The van der Waals surface area contributed by atoms with E-state index in [0.29, 0.717) is 0 Å². The summed E-state index contributed by atoms with van der Waals surface area (Å²) >= 11 is 5.56. The van der Waals surface area contributed by atoms with Crippen LogP contribution in [0.15, 0.2) is 41.3 Å². The van der Waals surface area contributed by atoms with E-state index in [1.807, 2.05) is 0 Å². The number of rotatable bonds is 6. The lowest BCUT2D eigenvalue weighted by Gasteiger charge is -2.14. The summed E-state index contributed by atoms with van der Waals surface area (Å²) in [5.41, 5.74) is -0.195. The monoisotopic (exact) mass is 389 g/mol. The number of nitrogens with zero attached hydrogens (tertiary/aromatic N) is 1. The zero-order valence-electron chi connectivity index (χ0n) is 12.5. The first kappa shape index (κ1) is 19.1. The zero-order valence-corrected chi connectivity index (χ0v) is 14.1. The average molecular weight is 390 g/mol. The van der Waals surface area contributed by atoms with Gasteiger partial charge in [-0.2, -0.15) is 0 Å². The molecule has 1 unspecified atom stereocenters. The Labute approximate surface area is 147 Å². The number of nitro groups is 1. The van der Waals surface area contributed by atoms with Crippen LogP contribution in [0.5, 0.6) is 0 Å². The molecule has 0 aliphatic carbocycles. The molecule has 0 fully saturated rings. The molecule has 0 radical (unpaired) electrons. The molecular formula is C14H13ClFN3O5S. The molecule has 0 bridgehead atoms. The van der Waals surface area contributed by atoms with Gasteiger partial charge in [0, 0.05) is 24.4 Å². The number of halogens is 2. The molecule has 0 spiro atoms. The first-order chi connectivity index (χ1) is 11.6. The van der Waals surface area contributed by atoms with E-state index < -0.39 is 37.5 Å². The van der Waals surface area contributed by atoms with Gasteiger partial charge in [-0.05, 0) is 23.8 Å². The Balaban J connectivity index is 2.23.